The van der Waals surface area contributed by atoms with Gasteiger partial charge in [0.15, 0.2) is 5.67 Å². The zero-order chi connectivity index (χ0) is 9.03. The van der Waals surface area contributed by atoms with Crippen molar-refractivity contribution in [3.05, 3.63) is 35.9 Å². The van der Waals surface area contributed by atoms with E-state index in [2.05, 4.69) is 0 Å². The predicted molar refractivity (Wildman–Crippen MR) is 43.4 cm³/mol. The first-order chi connectivity index (χ1) is 5.73. The molecule has 1 aromatic carbocycles. The number of benzene rings is 1. The summed E-state index contributed by atoms with van der Waals surface area (Å²) in [5, 5.41) is 17.4. The van der Waals surface area contributed by atoms with E-state index in [-0.39, 0.29) is 0 Å². The van der Waals surface area contributed by atoms with E-state index in [0.29, 0.717) is 5.56 Å². The van der Waals surface area contributed by atoms with Crippen LogP contribution in [0.2, 0.25) is 0 Å². The van der Waals surface area contributed by atoms with E-state index in [4.69, 9.17) is 10.2 Å². The van der Waals surface area contributed by atoms with E-state index >= 15 is 0 Å². The molecule has 0 aromatic heterocycles. The molecule has 66 valence electrons. The number of aliphatic hydroxyl groups is 2. The summed E-state index contributed by atoms with van der Waals surface area (Å²) in [6, 6.07) is 8.14. The highest BCUT2D eigenvalue weighted by molar-refractivity contribution is 5.22. The fourth-order valence-electron chi connectivity index (χ4n) is 0.969. The second kappa shape index (κ2) is 3.65. The van der Waals surface area contributed by atoms with Crippen LogP contribution in [0.1, 0.15) is 5.56 Å². The van der Waals surface area contributed by atoms with Gasteiger partial charge in [-0.2, -0.15) is 0 Å². The van der Waals surface area contributed by atoms with Gasteiger partial charge in [0, 0.05) is 0 Å². The maximum Gasteiger partial charge on any atom is 0.181 e. The topological polar surface area (TPSA) is 40.5 Å². The van der Waals surface area contributed by atoms with Crippen molar-refractivity contribution in [2.45, 2.75) is 5.67 Å². The number of rotatable bonds is 3. The summed E-state index contributed by atoms with van der Waals surface area (Å²) >= 11 is 0. The highest BCUT2D eigenvalue weighted by Crippen LogP contribution is 2.24. The van der Waals surface area contributed by atoms with Crippen LogP contribution in [0, 0.1) is 0 Å². The molecule has 0 radical (unpaired) electrons. The molecule has 0 saturated carbocycles. The van der Waals surface area contributed by atoms with Crippen LogP contribution in [0.3, 0.4) is 0 Å². The maximum absolute atomic E-state index is 13.5. The molecular formula is C9H11FO2. The largest absolute Gasteiger partial charge is 0.393 e. The van der Waals surface area contributed by atoms with Crippen molar-refractivity contribution in [3.63, 3.8) is 0 Å². The van der Waals surface area contributed by atoms with Crippen LogP contribution in [-0.2, 0) is 5.67 Å². The van der Waals surface area contributed by atoms with Gasteiger partial charge in [-0.25, -0.2) is 4.39 Å². The first-order valence-corrected chi connectivity index (χ1v) is 3.69. The summed E-state index contributed by atoms with van der Waals surface area (Å²) < 4.78 is 13.5. The molecule has 0 aliphatic rings. The Morgan fingerprint density at radius 1 is 1.08 bits per heavy atom. The summed E-state index contributed by atoms with van der Waals surface area (Å²) in [5.74, 6) is 0. The lowest BCUT2D eigenvalue weighted by molar-refractivity contribution is 0.0129. The predicted octanol–water partition coefficient (Wildman–Crippen LogP) is 0.836. The van der Waals surface area contributed by atoms with Crippen LogP contribution < -0.4 is 0 Å². The number of halogens is 1. The van der Waals surface area contributed by atoms with E-state index in [1.807, 2.05) is 0 Å². The SMILES string of the molecule is OCC(F)(CO)c1ccccc1. The van der Waals surface area contributed by atoms with Crippen LogP contribution >= 0.6 is 0 Å². The van der Waals surface area contributed by atoms with Crippen molar-refractivity contribution >= 4 is 0 Å². The van der Waals surface area contributed by atoms with Gasteiger partial charge in [0.1, 0.15) is 0 Å². The smallest absolute Gasteiger partial charge is 0.181 e. The Morgan fingerprint density at radius 2 is 1.58 bits per heavy atom. The molecule has 0 spiro atoms. The van der Waals surface area contributed by atoms with Gasteiger partial charge in [-0.05, 0) is 5.56 Å². The van der Waals surface area contributed by atoms with Crippen LogP contribution in [0.25, 0.3) is 0 Å². The van der Waals surface area contributed by atoms with Crippen LogP contribution in [0.15, 0.2) is 30.3 Å². The molecule has 0 atom stereocenters. The summed E-state index contributed by atoms with van der Waals surface area (Å²) in [7, 11) is 0. The van der Waals surface area contributed by atoms with Crippen LogP contribution in [-0.4, -0.2) is 23.4 Å². The minimum atomic E-state index is -2.01. The molecule has 0 saturated heterocycles. The Hall–Kier alpha value is -0.930. The van der Waals surface area contributed by atoms with Crippen molar-refractivity contribution in [1.82, 2.24) is 0 Å². The van der Waals surface area contributed by atoms with Gasteiger partial charge in [0.25, 0.3) is 0 Å². The third-order valence-corrected chi connectivity index (χ3v) is 1.79. The Bertz CT molecular complexity index is 232. The standard InChI is InChI=1S/C9H11FO2/c10-9(6-11,7-12)8-4-2-1-3-5-8/h1-5,11-12H,6-7H2. The van der Waals surface area contributed by atoms with Crippen molar-refractivity contribution in [2.24, 2.45) is 0 Å². The van der Waals surface area contributed by atoms with Gasteiger partial charge in [0.2, 0.25) is 0 Å². The number of alkyl halides is 1. The Labute approximate surface area is 70.3 Å². The van der Waals surface area contributed by atoms with Gasteiger partial charge in [0.05, 0.1) is 13.2 Å². The second-order valence-electron chi connectivity index (χ2n) is 2.65. The fourth-order valence-corrected chi connectivity index (χ4v) is 0.969. The quantitative estimate of drug-likeness (QED) is 0.705. The first-order valence-electron chi connectivity index (χ1n) is 3.69. The lowest BCUT2D eigenvalue weighted by Crippen LogP contribution is -2.29. The van der Waals surface area contributed by atoms with Gasteiger partial charge >= 0.3 is 0 Å². The van der Waals surface area contributed by atoms with E-state index in [1.165, 1.54) is 12.1 Å². The van der Waals surface area contributed by atoms with E-state index in [9.17, 15) is 4.39 Å². The lowest BCUT2D eigenvalue weighted by Gasteiger charge is -2.20. The number of aliphatic hydroxyl groups excluding tert-OH is 2. The molecule has 2 nitrogen and oxygen atoms in total. The molecule has 1 aromatic rings. The number of hydrogen-bond acceptors (Lipinski definition) is 2. The summed E-state index contributed by atoms with van der Waals surface area (Å²) in [6.07, 6.45) is 0. The van der Waals surface area contributed by atoms with Gasteiger partial charge in [-0.15, -0.1) is 0 Å². The fraction of sp³-hybridized carbons (Fsp3) is 0.333. The highest BCUT2D eigenvalue weighted by Gasteiger charge is 2.29. The third-order valence-electron chi connectivity index (χ3n) is 1.79. The molecule has 0 unspecified atom stereocenters. The average Bonchev–Trinajstić information content (AvgIpc) is 2.18. The zero-order valence-electron chi connectivity index (χ0n) is 6.57. The molecule has 0 heterocycles. The zero-order valence-corrected chi connectivity index (χ0v) is 6.57. The Kier molecular flexibility index (Phi) is 2.78. The second-order valence-corrected chi connectivity index (χ2v) is 2.65. The Morgan fingerprint density at radius 3 is 2.00 bits per heavy atom. The van der Waals surface area contributed by atoms with E-state index in [0.717, 1.165) is 0 Å². The monoisotopic (exact) mass is 170 g/mol. The van der Waals surface area contributed by atoms with Gasteiger partial charge < -0.3 is 10.2 Å². The average molecular weight is 170 g/mol. The molecule has 0 fully saturated rings. The summed E-state index contributed by atoms with van der Waals surface area (Å²) in [6.45, 7) is -1.40. The van der Waals surface area contributed by atoms with E-state index < -0.39 is 18.9 Å². The molecule has 2 N–H and O–H groups in total. The third kappa shape index (κ3) is 1.62. The molecule has 0 aliphatic carbocycles. The van der Waals surface area contributed by atoms with Crippen molar-refractivity contribution in [2.75, 3.05) is 13.2 Å². The van der Waals surface area contributed by atoms with Gasteiger partial charge in [-0.3, -0.25) is 0 Å². The molecule has 0 amide bonds. The Balaban J connectivity index is 2.95. The van der Waals surface area contributed by atoms with Gasteiger partial charge in [-0.1, -0.05) is 30.3 Å². The molecule has 0 aliphatic heterocycles. The maximum atomic E-state index is 13.5. The normalized spacial score (nSPS) is 11.6. The molecule has 0 bridgehead atoms. The van der Waals surface area contributed by atoms with Crippen molar-refractivity contribution in [1.29, 1.82) is 0 Å². The number of hydrogen-bond donors (Lipinski definition) is 2. The molecule has 3 heteroatoms. The van der Waals surface area contributed by atoms with Crippen LogP contribution in [0.5, 0.6) is 0 Å². The summed E-state index contributed by atoms with van der Waals surface area (Å²) in [5.41, 5.74) is -1.71. The summed E-state index contributed by atoms with van der Waals surface area (Å²) in [4.78, 5) is 0. The van der Waals surface area contributed by atoms with Crippen molar-refractivity contribution < 1.29 is 14.6 Å². The van der Waals surface area contributed by atoms with E-state index in [1.54, 1.807) is 18.2 Å². The van der Waals surface area contributed by atoms with Crippen LogP contribution in [0.4, 0.5) is 4.39 Å². The molecule has 1 rings (SSSR count). The molecule has 12 heavy (non-hydrogen) atoms. The minimum absolute atomic E-state index is 0.301. The minimum Gasteiger partial charge on any atom is -0.393 e. The molecular weight excluding hydrogens is 159 g/mol. The highest BCUT2D eigenvalue weighted by atomic mass is 19.1. The van der Waals surface area contributed by atoms with Crippen molar-refractivity contribution in [3.8, 4) is 0 Å². The first kappa shape index (κ1) is 9.16. The lowest BCUT2D eigenvalue weighted by atomic mass is 9.98.